The Labute approximate surface area is 93.8 Å². The second kappa shape index (κ2) is 6.50. The molecule has 0 aliphatic heterocycles. The van der Waals surface area contributed by atoms with Crippen LogP contribution in [0.15, 0.2) is 17.6 Å². The van der Waals surface area contributed by atoms with Crippen molar-refractivity contribution in [3.8, 4) is 0 Å². The summed E-state index contributed by atoms with van der Waals surface area (Å²) in [4.78, 5) is 18.5. The molecule has 0 aromatic carbocycles. The molecule has 0 saturated heterocycles. The number of unbranched alkanes of at least 4 members (excludes halogenated alkanes) is 1. The van der Waals surface area contributed by atoms with Crippen LogP contribution in [0.4, 0.5) is 0 Å². The van der Waals surface area contributed by atoms with Crippen LogP contribution >= 0.6 is 11.8 Å². The molecule has 5 heteroatoms. The van der Waals surface area contributed by atoms with E-state index in [-0.39, 0.29) is 11.2 Å². The molecule has 0 amide bonds. The fraction of sp³-hybridized carbons (Fsp3) is 0.600. The predicted octanol–water partition coefficient (Wildman–Crippen LogP) is 2.23. The molecule has 1 aromatic heterocycles. The van der Waals surface area contributed by atoms with E-state index in [0.717, 1.165) is 24.4 Å². The van der Waals surface area contributed by atoms with Gasteiger partial charge in [0.05, 0.1) is 7.11 Å². The van der Waals surface area contributed by atoms with Gasteiger partial charge < -0.3 is 9.72 Å². The number of aromatic nitrogens is 2. The summed E-state index contributed by atoms with van der Waals surface area (Å²) in [6.07, 6.45) is 6.35. The van der Waals surface area contributed by atoms with Crippen LogP contribution in [0.5, 0.6) is 0 Å². The molecule has 4 nitrogen and oxygen atoms in total. The number of nitrogens with zero attached hydrogens (tertiary/aromatic N) is 1. The molecule has 1 unspecified atom stereocenters. The Bertz CT molecular complexity index is 288. The fourth-order valence-corrected chi connectivity index (χ4v) is 2.20. The molecule has 1 aromatic rings. The Morgan fingerprint density at radius 3 is 3.07 bits per heavy atom. The largest absolute Gasteiger partial charge is 0.468 e. The highest BCUT2D eigenvalue weighted by molar-refractivity contribution is 8.00. The molecule has 1 heterocycles. The first kappa shape index (κ1) is 12.1. The first-order valence-corrected chi connectivity index (χ1v) is 5.89. The van der Waals surface area contributed by atoms with Gasteiger partial charge >= 0.3 is 5.97 Å². The van der Waals surface area contributed by atoms with E-state index < -0.39 is 0 Å². The fourth-order valence-electron chi connectivity index (χ4n) is 1.20. The summed E-state index contributed by atoms with van der Waals surface area (Å²) >= 11 is 1.43. The monoisotopic (exact) mass is 228 g/mol. The number of carbonyl (C=O) groups is 1. The van der Waals surface area contributed by atoms with E-state index in [1.54, 1.807) is 12.4 Å². The van der Waals surface area contributed by atoms with E-state index in [1.807, 2.05) is 0 Å². The molecule has 0 aliphatic rings. The van der Waals surface area contributed by atoms with Crippen LogP contribution in [0.1, 0.15) is 26.2 Å². The van der Waals surface area contributed by atoms with Gasteiger partial charge in [-0.2, -0.15) is 0 Å². The van der Waals surface area contributed by atoms with Gasteiger partial charge in [0.1, 0.15) is 5.25 Å². The molecule has 0 saturated carbocycles. The Kier molecular flexibility index (Phi) is 5.25. The Morgan fingerprint density at radius 1 is 1.73 bits per heavy atom. The quantitative estimate of drug-likeness (QED) is 0.599. The SMILES string of the molecule is CCCCC(Sc1ncc[nH]1)C(=O)OC. The second-order valence-corrected chi connectivity index (χ2v) is 4.36. The normalized spacial score (nSPS) is 12.4. The topological polar surface area (TPSA) is 55.0 Å². The van der Waals surface area contributed by atoms with E-state index in [2.05, 4.69) is 16.9 Å². The molecular formula is C10H16N2O2S. The average Bonchev–Trinajstić information content (AvgIpc) is 2.75. The molecule has 0 radical (unpaired) electrons. The summed E-state index contributed by atoms with van der Waals surface area (Å²) in [5.74, 6) is -0.176. The van der Waals surface area contributed by atoms with Crippen molar-refractivity contribution in [3.05, 3.63) is 12.4 Å². The number of esters is 1. The second-order valence-electron chi connectivity index (χ2n) is 3.17. The zero-order chi connectivity index (χ0) is 11.1. The van der Waals surface area contributed by atoms with Gasteiger partial charge in [0.2, 0.25) is 0 Å². The van der Waals surface area contributed by atoms with Gasteiger partial charge in [0, 0.05) is 12.4 Å². The highest BCUT2D eigenvalue weighted by Gasteiger charge is 2.20. The Morgan fingerprint density at radius 2 is 2.53 bits per heavy atom. The smallest absolute Gasteiger partial charge is 0.319 e. The van der Waals surface area contributed by atoms with Crippen LogP contribution in [-0.2, 0) is 9.53 Å². The number of hydrogen-bond acceptors (Lipinski definition) is 4. The first-order chi connectivity index (χ1) is 7.27. The summed E-state index contributed by atoms with van der Waals surface area (Å²) in [7, 11) is 1.42. The number of imidazole rings is 1. The maximum atomic E-state index is 11.5. The standard InChI is InChI=1S/C10H16N2O2S/c1-3-4-5-8(9(13)14-2)15-10-11-6-7-12-10/h6-8H,3-5H2,1-2H3,(H,11,12). The van der Waals surface area contributed by atoms with Crippen molar-refractivity contribution >= 4 is 17.7 Å². The molecule has 1 rings (SSSR count). The van der Waals surface area contributed by atoms with Gasteiger partial charge in [-0.3, -0.25) is 4.79 Å². The van der Waals surface area contributed by atoms with Crippen molar-refractivity contribution in [1.82, 2.24) is 9.97 Å². The summed E-state index contributed by atoms with van der Waals surface area (Å²) in [5.41, 5.74) is 0. The molecule has 15 heavy (non-hydrogen) atoms. The van der Waals surface area contributed by atoms with Gasteiger partial charge in [-0.15, -0.1) is 0 Å². The maximum Gasteiger partial charge on any atom is 0.319 e. The molecular weight excluding hydrogens is 212 g/mol. The number of ether oxygens (including phenoxy) is 1. The lowest BCUT2D eigenvalue weighted by molar-refractivity contribution is -0.140. The van der Waals surface area contributed by atoms with Gasteiger partial charge in [0.15, 0.2) is 5.16 Å². The van der Waals surface area contributed by atoms with Gasteiger partial charge in [-0.05, 0) is 6.42 Å². The van der Waals surface area contributed by atoms with E-state index in [0.29, 0.717) is 0 Å². The van der Waals surface area contributed by atoms with Crippen molar-refractivity contribution in [2.24, 2.45) is 0 Å². The van der Waals surface area contributed by atoms with Crippen LogP contribution in [-0.4, -0.2) is 28.3 Å². The van der Waals surface area contributed by atoms with E-state index in [1.165, 1.54) is 18.9 Å². The molecule has 0 aliphatic carbocycles. The summed E-state index contributed by atoms with van der Waals surface area (Å²) in [6, 6.07) is 0. The predicted molar refractivity (Wildman–Crippen MR) is 59.8 cm³/mol. The van der Waals surface area contributed by atoms with Gasteiger partial charge in [-0.1, -0.05) is 31.5 Å². The summed E-state index contributed by atoms with van der Waals surface area (Å²) in [6.45, 7) is 2.10. The number of rotatable bonds is 6. The van der Waals surface area contributed by atoms with E-state index >= 15 is 0 Å². The minimum Gasteiger partial charge on any atom is -0.468 e. The zero-order valence-electron chi connectivity index (χ0n) is 9.03. The van der Waals surface area contributed by atoms with Crippen molar-refractivity contribution < 1.29 is 9.53 Å². The van der Waals surface area contributed by atoms with Crippen molar-refractivity contribution in [1.29, 1.82) is 0 Å². The molecule has 0 fully saturated rings. The molecule has 1 atom stereocenters. The third-order valence-corrected chi connectivity index (χ3v) is 3.17. The summed E-state index contributed by atoms with van der Waals surface area (Å²) in [5, 5.41) is 0.614. The van der Waals surface area contributed by atoms with Crippen LogP contribution in [0.3, 0.4) is 0 Å². The van der Waals surface area contributed by atoms with Crippen LogP contribution in [0.25, 0.3) is 0 Å². The minimum absolute atomic E-state index is 0.152. The van der Waals surface area contributed by atoms with Crippen molar-refractivity contribution in [2.75, 3.05) is 7.11 Å². The number of thioether (sulfide) groups is 1. The first-order valence-electron chi connectivity index (χ1n) is 5.01. The lowest BCUT2D eigenvalue weighted by Gasteiger charge is -2.11. The van der Waals surface area contributed by atoms with E-state index in [4.69, 9.17) is 4.74 Å². The zero-order valence-corrected chi connectivity index (χ0v) is 9.84. The molecule has 0 spiro atoms. The average molecular weight is 228 g/mol. The van der Waals surface area contributed by atoms with Crippen molar-refractivity contribution in [2.45, 2.75) is 36.6 Å². The number of hydrogen-bond donors (Lipinski definition) is 1. The van der Waals surface area contributed by atoms with Crippen molar-refractivity contribution in [3.63, 3.8) is 0 Å². The number of nitrogens with one attached hydrogen (secondary N) is 1. The number of aromatic amines is 1. The molecule has 0 bridgehead atoms. The minimum atomic E-state index is -0.176. The van der Waals surface area contributed by atoms with Crippen LogP contribution in [0.2, 0.25) is 0 Å². The Balaban J connectivity index is 2.52. The van der Waals surface area contributed by atoms with E-state index in [9.17, 15) is 4.79 Å². The van der Waals surface area contributed by atoms with Gasteiger partial charge in [-0.25, -0.2) is 4.98 Å². The molecule has 1 N–H and O–H groups in total. The number of H-pyrrole nitrogens is 1. The molecule has 84 valence electrons. The highest BCUT2D eigenvalue weighted by atomic mass is 32.2. The van der Waals surface area contributed by atoms with Crippen LogP contribution in [0, 0.1) is 0 Å². The Hall–Kier alpha value is -0.970. The summed E-state index contributed by atoms with van der Waals surface area (Å²) < 4.78 is 4.76. The highest BCUT2D eigenvalue weighted by Crippen LogP contribution is 2.24. The maximum absolute atomic E-state index is 11.5. The number of carbonyl (C=O) groups excluding carboxylic acids is 1. The lowest BCUT2D eigenvalue weighted by Crippen LogP contribution is -2.18. The third kappa shape index (κ3) is 3.95. The number of methoxy groups -OCH3 is 1. The van der Waals surface area contributed by atoms with Crippen LogP contribution < -0.4 is 0 Å². The van der Waals surface area contributed by atoms with Gasteiger partial charge in [0.25, 0.3) is 0 Å². The lowest BCUT2D eigenvalue weighted by atomic mass is 10.2. The third-order valence-electron chi connectivity index (χ3n) is 2.01.